The maximum Gasteiger partial charge on any atom is 0.335 e. The van der Waals surface area contributed by atoms with Crippen LogP contribution in [0.15, 0.2) is 23.1 Å². The van der Waals surface area contributed by atoms with Crippen molar-refractivity contribution in [2.24, 2.45) is 5.92 Å². The zero-order valence-corrected chi connectivity index (χ0v) is 11.6. The van der Waals surface area contributed by atoms with Crippen LogP contribution in [0.2, 0.25) is 0 Å². The Balaban J connectivity index is 3.09. The molecule has 0 aliphatic carbocycles. The molecule has 0 saturated carbocycles. The fourth-order valence-corrected chi connectivity index (χ4v) is 2.96. The number of aliphatic hydroxyl groups is 1. The SMILES string of the molecule is Cc1c(C(=O)O)cccc1S(=O)(=O)NCC(C)CO. The first-order valence-electron chi connectivity index (χ1n) is 5.73. The van der Waals surface area contributed by atoms with Crippen LogP contribution in [0.3, 0.4) is 0 Å². The molecule has 6 nitrogen and oxygen atoms in total. The third-order valence-electron chi connectivity index (χ3n) is 2.74. The molecule has 0 saturated heterocycles. The van der Waals surface area contributed by atoms with Gasteiger partial charge in [0.2, 0.25) is 10.0 Å². The maximum absolute atomic E-state index is 12.1. The number of carbonyl (C=O) groups is 1. The van der Waals surface area contributed by atoms with Gasteiger partial charge in [0.15, 0.2) is 0 Å². The van der Waals surface area contributed by atoms with Gasteiger partial charge in [-0.15, -0.1) is 0 Å². The number of nitrogens with one attached hydrogen (secondary N) is 1. The van der Waals surface area contributed by atoms with E-state index in [4.69, 9.17) is 10.2 Å². The quantitative estimate of drug-likeness (QED) is 0.711. The van der Waals surface area contributed by atoms with Crippen LogP contribution in [0.4, 0.5) is 0 Å². The van der Waals surface area contributed by atoms with Crippen molar-refractivity contribution < 1.29 is 23.4 Å². The first-order valence-corrected chi connectivity index (χ1v) is 7.21. The van der Waals surface area contributed by atoms with Gasteiger partial charge < -0.3 is 10.2 Å². The molecule has 19 heavy (non-hydrogen) atoms. The summed E-state index contributed by atoms with van der Waals surface area (Å²) in [6, 6.07) is 4.10. The van der Waals surface area contributed by atoms with Crippen molar-refractivity contribution in [3.8, 4) is 0 Å². The van der Waals surface area contributed by atoms with Gasteiger partial charge >= 0.3 is 5.97 Å². The van der Waals surface area contributed by atoms with Gasteiger partial charge in [0.25, 0.3) is 0 Å². The van der Waals surface area contributed by atoms with Crippen LogP contribution >= 0.6 is 0 Å². The highest BCUT2D eigenvalue weighted by Gasteiger charge is 2.20. The van der Waals surface area contributed by atoms with Crippen molar-refractivity contribution in [3.05, 3.63) is 29.3 Å². The normalized spacial score (nSPS) is 13.2. The predicted octanol–water partition coefficient (Wildman–Crippen LogP) is 0.600. The lowest BCUT2D eigenvalue weighted by Gasteiger charge is -2.13. The lowest BCUT2D eigenvalue weighted by atomic mass is 10.1. The maximum atomic E-state index is 12.1. The molecule has 1 aromatic carbocycles. The molecule has 1 atom stereocenters. The number of rotatable bonds is 6. The van der Waals surface area contributed by atoms with E-state index < -0.39 is 16.0 Å². The average molecular weight is 287 g/mol. The summed E-state index contributed by atoms with van der Waals surface area (Å²) in [4.78, 5) is 10.9. The van der Waals surface area contributed by atoms with Gasteiger partial charge in [0.05, 0.1) is 10.5 Å². The standard InChI is InChI=1S/C12H17NO5S/c1-8(7-14)6-13-19(17,18)11-5-3-4-10(9(11)2)12(15)16/h3-5,8,13-14H,6-7H2,1-2H3,(H,15,16). The zero-order valence-electron chi connectivity index (χ0n) is 10.8. The van der Waals surface area contributed by atoms with Crippen molar-refractivity contribution in [2.45, 2.75) is 18.7 Å². The van der Waals surface area contributed by atoms with E-state index in [1.165, 1.54) is 25.1 Å². The van der Waals surface area contributed by atoms with Gasteiger partial charge in [-0.3, -0.25) is 0 Å². The van der Waals surface area contributed by atoms with E-state index in [1.54, 1.807) is 6.92 Å². The third kappa shape index (κ3) is 3.76. The van der Waals surface area contributed by atoms with E-state index in [-0.39, 0.29) is 35.1 Å². The Morgan fingerprint density at radius 2 is 2.05 bits per heavy atom. The molecule has 3 N–H and O–H groups in total. The van der Waals surface area contributed by atoms with Gasteiger partial charge in [-0.1, -0.05) is 13.0 Å². The van der Waals surface area contributed by atoms with Gasteiger partial charge in [-0.05, 0) is 30.5 Å². The molecule has 1 unspecified atom stereocenters. The number of sulfonamides is 1. The molecule has 7 heteroatoms. The second kappa shape index (κ2) is 6.14. The number of carboxylic acid groups (broad SMARTS) is 1. The lowest BCUT2D eigenvalue weighted by molar-refractivity contribution is 0.0696. The van der Waals surface area contributed by atoms with Crippen molar-refractivity contribution in [1.82, 2.24) is 4.72 Å². The van der Waals surface area contributed by atoms with Gasteiger partial charge in [0.1, 0.15) is 0 Å². The summed E-state index contributed by atoms with van der Waals surface area (Å²) in [6.07, 6.45) is 0. The highest BCUT2D eigenvalue weighted by Crippen LogP contribution is 2.18. The van der Waals surface area contributed by atoms with Crippen LogP contribution in [0, 0.1) is 12.8 Å². The van der Waals surface area contributed by atoms with E-state index in [0.29, 0.717) is 0 Å². The van der Waals surface area contributed by atoms with E-state index in [9.17, 15) is 13.2 Å². The molecule has 1 rings (SSSR count). The molecular formula is C12H17NO5S. The molecule has 1 aromatic rings. The zero-order chi connectivity index (χ0) is 14.6. The molecule has 0 aliphatic heterocycles. The Kier molecular flexibility index (Phi) is 5.04. The van der Waals surface area contributed by atoms with Gasteiger partial charge in [0, 0.05) is 13.2 Å². The summed E-state index contributed by atoms with van der Waals surface area (Å²) in [7, 11) is -3.78. The molecule has 0 bridgehead atoms. The Bertz CT molecular complexity index is 567. The second-order valence-electron chi connectivity index (χ2n) is 4.37. The number of hydrogen-bond acceptors (Lipinski definition) is 4. The van der Waals surface area contributed by atoms with Crippen LogP contribution in [-0.4, -0.2) is 37.8 Å². The van der Waals surface area contributed by atoms with Crippen molar-refractivity contribution >= 4 is 16.0 Å². The number of hydrogen-bond donors (Lipinski definition) is 3. The minimum atomic E-state index is -3.78. The molecule has 0 radical (unpaired) electrons. The van der Waals surface area contributed by atoms with E-state index in [0.717, 1.165) is 0 Å². The van der Waals surface area contributed by atoms with Crippen LogP contribution < -0.4 is 4.72 Å². The first kappa shape index (κ1) is 15.6. The van der Waals surface area contributed by atoms with E-state index in [1.807, 2.05) is 0 Å². The summed E-state index contributed by atoms with van der Waals surface area (Å²) in [6.45, 7) is 3.11. The molecule has 0 aliphatic rings. The molecule has 0 amide bonds. The number of benzene rings is 1. The van der Waals surface area contributed by atoms with E-state index >= 15 is 0 Å². The van der Waals surface area contributed by atoms with Crippen molar-refractivity contribution in [3.63, 3.8) is 0 Å². The highest BCUT2D eigenvalue weighted by atomic mass is 32.2. The summed E-state index contributed by atoms with van der Waals surface area (Å²) in [5.74, 6) is -1.38. The second-order valence-corrected chi connectivity index (χ2v) is 6.11. The molecule has 106 valence electrons. The minimum absolute atomic E-state index is 0.0434. The highest BCUT2D eigenvalue weighted by molar-refractivity contribution is 7.89. The Morgan fingerprint density at radius 3 is 2.58 bits per heavy atom. The van der Waals surface area contributed by atoms with Gasteiger partial charge in [-0.25, -0.2) is 17.9 Å². The molecule has 0 aromatic heterocycles. The molecule has 0 spiro atoms. The Hall–Kier alpha value is -1.44. The van der Waals surface area contributed by atoms with E-state index in [2.05, 4.69) is 4.72 Å². The Morgan fingerprint density at radius 1 is 1.42 bits per heavy atom. The summed E-state index contributed by atoms with van der Waals surface area (Å²) in [5.41, 5.74) is 0.150. The van der Waals surface area contributed by atoms with Crippen molar-refractivity contribution in [2.75, 3.05) is 13.2 Å². The summed E-state index contributed by atoms with van der Waals surface area (Å²) >= 11 is 0. The number of aliphatic hydroxyl groups excluding tert-OH is 1. The lowest BCUT2D eigenvalue weighted by Crippen LogP contribution is -2.30. The monoisotopic (exact) mass is 287 g/mol. The minimum Gasteiger partial charge on any atom is -0.478 e. The molecular weight excluding hydrogens is 270 g/mol. The molecule has 0 heterocycles. The van der Waals surface area contributed by atoms with Crippen LogP contribution in [0.1, 0.15) is 22.8 Å². The molecule has 0 fully saturated rings. The Labute approximate surface area is 112 Å². The average Bonchev–Trinajstić information content (AvgIpc) is 2.35. The summed E-state index contributed by atoms with van der Waals surface area (Å²) < 4.78 is 26.5. The smallest absolute Gasteiger partial charge is 0.335 e. The van der Waals surface area contributed by atoms with Crippen LogP contribution in [0.25, 0.3) is 0 Å². The first-order chi connectivity index (χ1) is 8.79. The number of aromatic carboxylic acids is 1. The fourth-order valence-electron chi connectivity index (χ4n) is 1.53. The number of carboxylic acids is 1. The largest absolute Gasteiger partial charge is 0.478 e. The van der Waals surface area contributed by atoms with Crippen LogP contribution in [-0.2, 0) is 10.0 Å². The van der Waals surface area contributed by atoms with Gasteiger partial charge in [-0.2, -0.15) is 0 Å². The fraction of sp³-hybridized carbons (Fsp3) is 0.417. The topological polar surface area (TPSA) is 104 Å². The van der Waals surface area contributed by atoms with Crippen LogP contribution in [0.5, 0.6) is 0 Å². The predicted molar refractivity (Wildman–Crippen MR) is 69.6 cm³/mol. The third-order valence-corrected chi connectivity index (χ3v) is 4.31. The summed E-state index contributed by atoms with van der Waals surface area (Å²) in [5, 5.41) is 17.8. The van der Waals surface area contributed by atoms with Crippen molar-refractivity contribution in [1.29, 1.82) is 0 Å².